The van der Waals surface area contributed by atoms with Gasteiger partial charge in [0.2, 0.25) is 0 Å². The average molecular weight is 683 g/mol. The van der Waals surface area contributed by atoms with Gasteiger partial charge in [0.15, 0.2) is 23.0 Å². The minimum absolute atomic E-state index is 0.202. The van der Waals surface area contributed by atoms with Gasteiger partial charge in [-0.2, -0.15) is 0 Å². The highest BCUT2D eigenvalue weighted by Gasteiger charge is 2.13. The number of benzene rings is 3. The molecule has 3 aromatic carbocycles. The van der Waals surface area contributed by atoms with Crippen molar-refractivity contribution in [2.45, 2.75) is 27.7 Å². The van der Waals surface area contributed by atoms with Crippen molar-refractivity contribution in [3.63, 3.8) is 0 Å². The zero-order chi connectivity index (χ0) is 36.8. The standard InChI is InChI=1S/C38H34O12/c1-23(2)35(39)47-13-9-43-31-19-27-17-29-21-33(45-11-15-49-37(41)25(5)6)34(46-12-16-50-38(42)26(7)8)22-30(29)18-28(27)20-32(31)44-10-14-48-36(40)24(3)4/h9-22H,1,3,5,7H2,2,4,6,8H3/b13-9-,14-10-,15-11-,16-12-. The van der Waals surface area contributed by atoms with E-state index in [2.05, 4.69) is 26.3 Å². The molecule has 12 nitrogen and oxygen atoms in total. The van der Waals surface area contributed by atoms with Crippen LogP contribution in [0.2, 0.25) is 0 Å². The molecule has 0 spiro atoms. The minimum atomic E-state index is -0.637. The molecule has 0 N–H and O–H groups in total. The fraction of sp³-hybridized carbons (Fsp3) is 0.105. The Hall–Kier alpha value is -6.82. The van der Waals surface area contributed by atoms with Crippen LogP contribution in [0.4, 0.5) is 0 Å². The van der Waals surface area contributed by atoms with Crippen molar-refractivity contribution in [2.75, 3.05) is 0 Å². The number of esters is 4. The summed E-state index contributed by atoms with van der Waals surface area (Å²) in [4.78, 5) is 46.9. The molecule has 0 amide bonds. The van der Waals surface area contributed by atoms with Crippen LogP contribution in [0.3, 0.4) is 0 Å². The summed E-state index contributed by atoms with van der Waals surface area (Å²) in [5.74, 6) is -1.70. The van der Waals surface area contributed by atoms with Gasteiger partial charge in [0.1, 0.15) is 50.1 Å². The monoisotopic (exact) mass is 682 g/mol. The van der Waals surface area contributed by atoms with E-state index in [0.717, 1.165) is 50.1 Å². The second kappa shape index (κ2) is 17.9. The summed E-state index contributed by atoms with van der Waals surface area (Å²) in [6, 6.07) is 10.4. The Kier molecular flexibility index (Phi) is 13.5. The van der Waals surface area contributed by atoms with Crippen LogP contribution in [0.5, 0.6) is 23.0 Å². The number of fused-ring (bicyclic) bond motifs is 2. The molecule has 0 saturated carbocycles. The molecule has 0 aliphatic heterocycles. The van der Waals surface area contributed by atoms with E-state index < -0.39 is 23.9 Å². The van der Waals surface area contributed by atoms with Gasteiger partial charge < -0.3 is 37.9 Å². The summed E-state index contributed by atoms with van der Waals surface area (Å²) in [5, 5.41) is 2.79. The van der Waals surface area contributed by atoms with Gasteiger partial charge in [-0.1, -0.05) is 26.3 Å². The van der Waals surface area contributed by atoms with Crippen LogP contribution >= 0.6 is 0 Å². The maximum absolute atomic E-state index is 11.7. The van der Waals surface area contributed by atoms with E-state index in [4.69, 9.17) is 37.9 Å². The van der Waals surface area contributed by atoms with Crippen molar-refractivity contribution < 1.29 is 57.1 Å². The molecule has 50 heavy (non-hydrogen) atoms. The van der Waals surface area contributed by atoms with E-state index in [-0.39, 0.29) is 45.3 Å². The SMILES string of the molecule is C=C(C)C(=O)O/C=C\Oc1cc2cc3cc(O/C=C\OC(=O)C(=C)C)c(O/C=C\OC(=O)C(=C)C)cc3cc2cc1O/C=C\OC(=O)C(=C)C. The van der Waals surface area contributed by atoms with E-state index >= 15 is 0 Å². The smallest absolute Gasteiger partial charge is 0.338 e. The van der Waals surface area contributed by atoms with Crippen LogP contribution in [0.1, 0.15) is 27.7 Å². The van der Waals surface area contributed by atoms with Crippen LogP contribution in [-0.2, 0) is 38.1 Å². The van der Waals surface area contributed by atoms with Crippen molar-refractivity contribution in [2.24, 2.45) is 0 Å². The first-order chi connectivity index (χ1) is 23.8. The fourth-order valence-corrected chi connectivity index (χ4v) is 3.55. The van der Waals surface area contributed by atoms with Gasteiger partial charge in [0, 0.05) is 22.3 Å². The minimum Gasteiger partial charge on any atom is -0.458 e. The molecule has 0 unspecified atom stereocenters. The molecule has 3 aromatic rings. The summed E-state index contributed by atoms with van der Waals surface area (Å²) in [5.41, 5.74) is 0.808. The number of carbonyl (C=O) groups is 4. The second-order valence-corrected chi connectivity index (χ2v) is 10.4. The van der Waals surface area contributed by atoms with Crippen LogP contribution in [0.25, 0.3) is 21.5 Å². The molecule has 0 bridgehead atoms. The lowest BCUT2D eigenvalue weighted by Gasteiger charge is -2.13. The highest BCUT2D eigenvalue weighted by atomic mass is 16.6. The summed E-state index contributed by atoms with van der Waals surface area (Å²) in [6.45, 7) is 20.1. The van der Waals surface area contributed by atoms with Gasteiger partial charge >= 0.3 is 23.9 Å². The Balaban J connectivity index is 2.04. The molecule has 0 aliphatic carbocycles. The van der Waals surface area contributed by atoms with E-state index in [9.17, 15) is 19.2 Å². The first kappa shape index (κ1) is 37.6. The molecule has 0 atom stereocenters. The maximum atomic E-state index is 11.7. The highest BCUT2D eigenvalue weighted by Crippen LogP contribution is 2.38. The fourth-order valence-electron chi connectivity index (χ4n) is 3.55. The second-order valence-electron chi connectivity index (χ2n) is 10.4. The summed E-state index contributed by atoms with van der Waals surface area (Å²) < 4.78 is 42.6. The molecular weight excluding hydrogens is 648 g/mol. The largest absolute Gasteiger partial charge is 0.458 e. The van der Waals surface area contributed by atoms with Gasteiger partial charge in [-0.3, -0.25) is 0 Å². The maximum Gasteiger partial charge on any atom is 0.338 e. The Bertz CT molecular complexity index is 1710. The first-order valence-corrected chi connectivity index (χ1v) is 14.5. The van der Waals surface area contributed by atoms with Gasteiger partial charge in [-0.05, 0) is 85.6 Å². The molecule has 0 saturated heterocycles. The Labute approximate surface area is 288 Å². The number of rotatable bonds is 16. The Morgan fingerprint density at radius 3 is 0.760 bits per heavy atom. The van der Waals surface area contributed by atoms with Gasteiger partial charge in [0.25, 0.3) is 0 Å². The molecule has 0 aromatic heterocycles. The molecule has 0 fully saturated rings. The normalized spacial score (nSPS) is 11.1. The third kappa shape index (κ3) is 11.2. The summed E-state index contributed by atoms with van der Waals surface area (Å²) in [6.07, 6.45) is 8.78. The van der Waals surface area contributed by atoms with Crippen molar-refractivity contribution in [1.29, 1.82) is 0 Å². The molecule has 0 aliphatic rings. The van der Waals surface area contributed by atoms with Crippen LogP contribution in [0.15, 0.2) is 135 Å². The van der Waals surface area contributed by atoms with Crippen molar-refractivity contribution in [3.8, 4) is 23.0 Å². The van der Waals surface area contributed by atoms with E-state index in [1.165, 1.54) is 27.7 Å². The predicted molar refractivity (Wildman–Crippen MR) is 184 cm³/mol. The van der Waals surface area contributed by atoms with Gasteiger partial charge in [-0.15, -0.1) is 0 Å². The Morgan fingerprint density at radius 2 is 0.580 bits per heavy atom. The number of ether oxygens (including phenoxy) is 8. The number of carbonyl (C=O) groups excluding carboxylic acids is 4. The van der Waals surface area contributed by atoms with Crippen LogP contribution < -0.4 is 18.9 Å². The molecular formula is C38H34O12. The number of hydrogen-bond acceptors (Lipinski definition) is 12. The van der Waals surface area contributed by atoms with Crippen molar-refractivity contribution in [1.82, 2.24) is 0 Å². The van der Waals surface area contributed by atoms with Gasteiger partial charge in [0.05, 0.1) is 0 Å². The van der Waals surface area contributed by atoms with Crippen LogP contribution in [-0.4, -0.2) is 23.9 Å². The topological polar surface area (TPSA) is 142 Å². The summed E-state index contributed by atoms with van der Waals surface area (Å²) >= 11 is 0. The molecule has 3 rings (SSSR count). The van der Waals surface area contributed by atoms with Crippen molar-refractivity contribution >= 4 is 45.4 Å². The quantitative estimate of drug-likeness (QED) is 0.0477. The molecule has 258 valence electrons. The van der Waals surface area contributed by atoms with E-state index in [0.29, 0.717) is 21.5 Å². The molecule has 0 heterocycles. The first-order valence-electron chi connectivity index (χ1n) is 14.5. The molecule has 0 radical (unpaired) electrons. The lowest BCUT2D eigenvalue weighted by Crippen LogP contribution is -2.00. The van der Waals surface area contributed by atoms with E-state index in [1.54, 1.807) is 24.3 Å². The van der Waals surface area contributed by atoms with Crippen LogP contribution in [0, 0.1) is 0 Å². The molecule has 12 heteroatoms. The lowest BCUT2D eigenvalue weighted by atomic mass is 10.0. The average Bonchev–Trinajstić information content (AvgIpc) is 3.07. The zero-order valence-electron chi connectivity index (χ0n) is 27.8. The third-order valence-corrected chi connectivity index (χ3v) is 6.02. The van der Waals surface area contributed by atoms with E-state index in [1.807, 2.05) is 12.1 Å². The van der Waals surface area contributed by atoms with Crippen molar-refractivity contribution in [3.05, 3.63) is 135 Å². The zero-order valence-corrected chi connectivity index (χ0v) is 27.8. The number of hydrogen-bond donors (Lipinski definition) is 0. The lowest BCUT2D eigenvalue weighted by molar-refractivity contribution is -0.134. The summed E-state index contributed by atoms with van der Waals surface area (Å²) in [7, 11) is 0. The predicted octanol–water partition coefficient (Wildman–Crippen LogP) is 7.87. The highest BCUT2D eigenvalue weighted by molar-refractivity contribution is 6.01. The van der Waals surface area contributed by atoms with Gasteiger partial charge in [-0.25, -0.2) is 19.2 Å². The Morgan fingerprint density at radius 1 is 0.380 bits per heavy atom. The third-order valence-electron chi connectivity index (χ3n) is 6.02.